The molecule has 4 aromatic rings. The van der Waals surface area contributed by atoms with Crippen LogP contribution in [0.3, 0.4) is 0 Å². The summed E-state index contributed by atoms with van der Waals surface area (Å²) < 4.78 is 36.5. The van der Waals surface area contributed by atoms with Crippen molar-refractivity contribution in [1.29, 1.82) is 0 Å². The molecule has 0 aliphatic rings. The van der Waals surface area contributed by atoms with E-state index in [9.17, 15) is 18.7 Å². The molecule has 0 unspecified atom stereocenters. The third-order valence-corrected chi connectivity index (χ3v) is 5.46. The summed E-state index contributed by atoms with van der Waals surface area (Å²) in [7, 11) is 0. The van der Waals surface area contributed by atoms with Crippen molar-refractivity contribution in [3.05, 3.63) is 71.8 Å². The Kier molecular flexibility index (Phi) is 8.44. The molecule has 0 aliphatic carbocycles. The topological polar surface area (TPSA) is 105 Å². The van der Waals surface area contributed by atoms with Crippen LogP contribution >= 0.6 is 13.5 Å². The van der Waals surface area contributed by atoms with Gasteiger partial charge in [0, 0.05) is 23.7 Å². The SMILES string of the molecule is Cc1c(-c2ccccc2)cccc1-c1nc2cc(CN[C@@H](CO)C(=O)O)c(OC(F)F)cc2o1.S. The number of aliphatic hydroxyl groups excluding tert-OH is 1. The van der Waals surface area contributed by atoms with Crippen LogP contribution in [0, 0.1) is 6.92 Å². The number of alkyl halides is 2. The van der Waals surface area contributed by atoms with E-state index in [1.54, 1.807) is 0 Å². The number of rotatable bonds is 9. The molecular weight excluding hydrogens is 478 g/mol. The number of carboxylic acids is 1. The maximum absolute atomic E-state index is 13.0. The number of hydrogen-bond donors (Lipinski definition) is 3. The Balaban J connectivity index is 0.00000342. The molecule has 0 saturated carbocycles. The average Bonchev–Trinajstić information content (AvgIpc) is 3.22. The van der Waals surface area contributed by atoms with E-state index in [2.05, 4.69) is 15.0 Å². The molecule has 1 heterocycles. The van der Waals surface area contributed by atoms with Gasteiger partial charge in [-0.1, -0.05) is 42.5 Å². The first-order valence-corrected chi connectivity index (χ1v) is 10.5. The van der Waals surface area contributed by atoms with Crippen LogP contribution in [-0.2, 0) is 11.3 Å². The first-order chi connectivity index (χ1) is 16.4. The smallest absolute Gasteiger partial charge is 0.387 e. The minimum absolute atomic E-state index is 0. The molecule has 3 aromatic carbocycles. The second-order valence-electron chi connectivity index (χ2n) is 7.62. The van der Waals surface area contributed by atoms with Gasteiger partial charge in [-0.05, 0) is 35.7 Å². The van der Waals surface area contributed by atoms with Crippen LogP contribution in [0.15, 0.2) is 65.1 Å². The highest BCUT2D eigenvalue weighted by atomic mass is 32.1. The highest BCUT2D eigenvalue weighted by Gasteiger charge is 2.20. The Morgan fingerprint density at radius 3 is 2.49 bits per heavy atom. The molecule has 35 heavy (non-hydrogen) atoms. The van der Waals surface area contributed by atoms with E-state index in [0.29, 0.717) is 11.4 Å². The molecule has 184 valence electrons. The molecule has 4 rings (SSSR count). The van der Waals surface area contributed by atoms with Gasteiger partial charge in [0.2, 0.25) is 5.89 Å². The van der Waals surface area contributed by atoms with E-state index >= 15 is 0 Å². The number of benzene rings is 3. The second kappa shape index (κ2) is 11.3. The fourth-order valence-electron chi connectivity index (χ4n) is 3.72. The summed E-state index contributed by atoms with van der Waals surface area (Å²) in [6, 6.07) is 17.1. The zero-order valence-corrected chi connectivity index (χ0v) is 19.7. The molecule has 3 N–H and O–H groups in total. The number of carboxylic acid groups (broad SMARTS) is 1. The highest BCUT2D eigenvalue weighted by Crippen LogP contribution is 2.35. The standard InChI is InChI=1S/C25H22F2N2O5.H2S/c1-14-17(15-6-3-2-4-7-15)8-5-9-18(14)23-29-19-10-16(12-28-20(13-30)24(31)32)21(34-25(26)27)11-22(19)33-23;/h2-11,20,25,28,30H,12-13H2,1H3,(H,31,32);1H2/t20-;/m0./s1. The largest absolute Gasteiger partial charge is 0.480 e. The number of aliphatic hydroxyl groups is 1. The van der Waals surface area contributed by atoms with Gasteiger partial charge in [-0.2, -0.15) is 22.3 Å². The Hall–Kier alpha value is -3.47. The lowest BCUT2D eigenvalue weighted by atomic mass is 9.96. The van der Waals surface area contributed by atoms with Crippen LogP contribution < -0.4 is 10.1 Å². The number of nitrogens with zero attached hydrogens (tertiary/aromatic N) is 1. The molecule has 0 spiro atoms. The first-order valence-electron chi connectivity index (χ1n) is 10.5. The number of halogens is 2. The molecule has 0 saturated heterocycles. The van der Waals surface area contributed by atoms with Gasteiger partial charge < -0.3 is 19.4 Å². The van der Waals surface area contributed by atoms with Crippen molar-refractivity contribution < 1.29 is 32.9 Å². The van der Waals surface area contributed by atoms with Crippen molar-refractivity contribution in [2.24, 2.45) is 0 Å². The van der Waals surface area contributed by atoms with E-state index in [4.69, 9.17) is 9.52 Å². The summed E-state index contributed by atoms with van der Waals surface area (Å²) in [4.78, 5) is 15.7. The van der Waals surface area contributed by atoms with Gasteiger partial charge in [-0.25, -0.2) is 4.98 Å². The molecule has 0 bridgehead atoms. The molecule has 10 heteroatoms. The number of aliphatic carboxylic acids is 1. The summed E-state index contributed by atoms with van der Waals surface area (Å²) in [5, 5.41) is 20.9. The fourth-order valence-corrected chi connectivity index (χ4v) is 3.72. The van der Waals surface area contributed by atoms with Crippen LogP contribution in [0.2, 0.25) is 0 Å². The second-order valence-corrected chi connectivity index (χ2v) is 7.62. The summed E-state index contributed by atoms with van der Waals surface area (Å²) in [5.74, 6) is -1.12. The predicted octanol–water partition coefficient (Wildman–Crippen LogP) is 4.72. The molecule has 0 amide bonds. The first kappa shape index (κ1) is 26.1. The molecule has 7 nitrogen and oxygen atoms in total. The highest BCUT2D eigenvalue weighted by molar-refractivity contribution is 7.59. The Morgan fingerprint density at radius 1 is 1.11 bits per heavy atom. The number of fused-ring (bicyclic) bond motifs is 1. The van der Waals surface area contributed by atoms with E-state index in [0.717, 1.165) is 22.3 Å². The van der Waals surface area contributed by atoms with E-state index in [1.165, 1.54) is 12.1 Å². The summed E-state index contributed by atoms with van der Waals surface area (Å²) in [6.45, 7) is -1.93. The van der Waals surface area contributed by atoms with Gasteiger partial charge >= 0.3 is 12.6 Å². The quantitative estimate of drug-likeness (QED) is 0.304. The number of nitrogens with one attached hydrogen (secondary N) is 1. The molecule has 0 radical (unpaired) electrons. The summed E-state index contributed by atoms with van der Waals surface area (Å²) in [6.07, 6.45) is 0. The van der Waals surface area contributed by atoms with Gasteiger partial charge in [0.25, 0.3) is 0 Å². The average molecular weight is 503 g/mol. The molecule has 1 atom stereocenters. The number of hydrogen-bond acceptors (Lipinski definition) is 6. The van der Waals surface area contributed by atoms with Gasteiger partial charge in [0.05, 0.1) is 6.61 Å². The molecule has 0 fully saturated rings. The zero-order chi connectivity index (χ0) is 24.2. The van der Waals surface area contributed by atoms with Gasteiger partial charge in [0.15, 0.2) is 5.58 Å². The number of ether oxygens (including phenoxy) is 1. The molecule has 0 aliphatic heterocycles. The predicted molar refractivity (Wildman–Crippen MR) is 132 cm³/mol. The lowest BCUT2D eigenvalue weighted by Crippen LogP contribution is -2.39. The van der Waals surface area contributed by atoms with Crippen LogP contribution in [0.5, 0.6) is 5.75 Å². The minimum Gasteiger partial charge on any atom is -0.480 e. The Bertz CT molecular complexity index is 1310. The van der Waals surface area contributed by atoms with E-state index in [-0.39, 0.29) is 36.9 Å². The summed E-state index contributed by atoms with van der Waals surface area (Å²) >= 11 is 0. The Morgan fingerprint density at radius 2 is 1.83 bits per heavy atom. The van der Waals surface area contributed by atoms with Crippen molar-refractivity contribution in [1.82, 2.24) is 10.3 Å². The van der Waals surface area contributed by atoms with Crippen molar-refractivity contribution in [2.45, 2.75) is 26.1 Å². The maximum Gasteiger partial charge on any atom is 0.387 e. The van der Waals surface area contributed by atoms with Crippen LogP contribution in [0.1, 0.15) is 11.1 Å². The zero-order valence-electron chi connectivity index (χ0n) is 18.7. The van der Waals surface area contributed by atoms with Crippen molar-refractivity contribution in [2.75, 3.05) is 6.61 Å². The summed E-state index contributed by atoms with van der Waals surface area (Å²) in [5.41, 5.74) is 4.64. The lowest BCUT2D eigenvalue weighted by molar-refractivity contribution is -0.140. The van der Waals surface area contributed by atoms with Crippen molar-refractivity contribution in [3.63, 3.8) is 0 Å². The van der Waals surface area contributed by atoms with Crippen molar-refractivity contribution in [3.8, 4) is 28.3 Å². The normalized spacial score (nSPS) is 11.9. The number of carbonyl (C=O) groups is 1. The monoisotopic (exact) mass is 502 g/mol. The number of aromatic nitrogens is 1. The molecular formula is C25H24F2N2O5S. The van der Waals surface area contributed by atoms with E-state index < -0.39 is 25.2 Å². The van der Waals surface area contributed by atoms with Crippen molar-refractivity contribution >= 4 is 30.6 Å². The van der Waals surface area contributed by atoms with Gasteiger partial charge in [-0.15, -0.1) is 0 Å². The minimum atomic E-state index is -3.09. The lowest BCUT2D eigenvalue weighted by Gasteiger charge is -2.14. The van der Waals surface area contributed by atoms with Gasteiger partial charge in [0.1, 0.15) is 17.3 Å². The maximum atomic E-state index is 13.0. The van der Waals surface area contributed by atoms with Crippen LogP contribution in [0.4, 0.5) is 8.78 Å². The third-order valence-electron chi connectivity index (χ3n) is 5.46. The van der Waals surface area contributed by atoms with E-state index in [1.807, 2.05) is 55.5 Å². The fraction of sp³-hybridized carbons (Fsp3) is 0.200. The number of oxazole rings is 1. The van der Waals surface area contributed by atoms with Crippen LogP contribution in [0.25, 0.3) is 33.7 Å². The third kappa shape index (κ3) is 5.79. The van der Waals surface area contributed by atoms with Crippen LogP contribution in [-0.4, -0.2) is 40.4 Å². The molecule has 1 aromatic heterocycles. The van der Waals surface area contributed by atoms with Gasteiger partial charge in [-0.3, -0.25) is 10.1 Å². The Labute approximate surface area is 206 Å².